The number of aromatic nitrogens is 1. The van der Waals surface area contributed by atoms with Crippen molar-refractivity contribution >= 4 is 0 Å². The molecule has 1 aromatic rings. The third kappa shape index (κ3) is 6.04. The molecular formula is C18H32N2O. The zero-order valence-corrected chi connectivity index (χ0v) is 14.2. The second-order valence-corrected chi connectivity index (χ2v) is 5.63. The van der Waals surface area contributed by atoms with E-state index >= 15 is 0 Å². The lowest BCUT2D eigenvalue weighted by Gasteiger charge is -2.28. The number of hydrogen-bond donors (Lipinski definition) is 1. The van der Waals surface area contributed by atoms with Crippen LogP contribution in [0.2, 0.25) is 0 Å². The summed E-state index contributed by atoms with van der Waals surface area (Å²) in [5.41, 5.74) is 1.26. The van der Waals surface area contributed by atoms with Crippen molar-refractivity contribution in [2.24, 2.45) is 5.92 Å². The highest BCUT2D eigenvalue weighted by molar-refractivity contribution is 5.26. The zero-order valence-electron chi connectivity index (χ0n) is 14.2. The zero-order chi connectivity index (χ0) is 15.5. The van der Waals surface area contributed by atoms with Crippen molar-refractivity contribution in [1.29, 1.82) is 0 Å². The predicted molar refractivity (Wildman–Crippen MR) is 89.7 cm³/mol. The van der Waals surface area contributed by atoms with Crippen molar-refractivity contribution < 1.29 is 4.74 Å². The van der Waals surface area contributed by atoms with Gasteiger partial charge in [0.25, 0.3) is 0 Å². The van der Waals surface area contributed by atoms with Gasteiger partial charge in [0.2, 0.25) is 0 Å². The molecule has 0 fully saturated rings. The van der Waals surface area contributed by atoms with Gasteiger partial charge in [-0.05, 0) is 43.9 Å². The number of unbranched alkanes of at least 4 members (excludes halogenated alkanes) is 1. The van der Waals surface area contributed by atoms with Gasteiger partial charge in [0.1, 0.15) is 5.75 Å². The summed E-state index contributed by atoms with van der Waals surface area (Å²) in [6, 6.07) is 2.53. The summed E-state index contributed by atoms with van der Waals surface area (Å²) in [4.78, 5) is 4.36. The van der Waals surface area contributed by atoms with Gasteiger partial charge < -0.3 is 10.1 Å². The van der Waals surface area contributed by atoms with Gasteiger partial charge in [-0.3, -0.25) is 4.98 Å². The fourth-order valence-corrected chi connectivity index (χ4v) is 2.78. The van der Waals surface area contributed by atoms with Crippen LogP contribution in [-0.2, 0) is 0 Å². The van der Waals surface area contributed by atoms with Crippen LogP contribution in [0.3, 0.4) is 0 Å². The Morgan fingerprint density at radius 3 is 2.57 bits per heavy atom. The van der Waals surface area contributed by atoms with Gasteiger partial charge in [-0.15, -0.1) is 0 Å². The maximum Gasteiger partial charge on any atom is 0.137 e. The van der Waals surface area contributed by atoms with Crippen LogP contribution in [0.5, 0.6) is 5.75 Å². The smallest absolute Gasteiger partial charge is 0.137 e. The van der Waals surface area contributed by atoms with Gasteiger partial charge in [-0.1, -0.05) is 40.0 Å². The molecule has 0 aliphatic heterocycles. The Balaban J connectivity index is 2.90. The van der Waals surface area contributed by atoms with E-state index in [1.54, 1.807) is 6.20 Å². The standard InChI is InChI=1S/C18H32N2O/c1-5-9-10-15(7-3)18(20-11-6-2)16-12-17(21-8-4)14-19-13-16/h12-15,18,20H,5-11H2,1-4H3. The second-order valence-electron chi connectivity index (χ2n) is 5.63. The van der Waals surface area contributed by atoms with Crippen molar-refractivity contribution in [1.82, 2.24) is 10.3 Å². The van der Waals surface area contributed by atoms with Crippen molar-refractivity contribution in [3.8, 4) is 5.75 Å². The molecule has 0 aromatic carbocycles. The first-order valence-corrected chi connectivity index (χ1v) is 8.57. The third-order valence-electron chi connectivity index (χ3n) is 3.94. The van der Waals surface area contributed by atoms with E-state index < -0.39 is 0 Å². The molecule has 0 aliphatic carbocycles. The van der Waals surface area contributed by atoms with Crippen molar-refractivity contribution in [2.45, 2.75) is 65.8 Å². The lowest BCUT2D eigenvalue weighted by molar-refractivity contribution is 0.317. The fraction of sp³-hybridized carbons (Fsp3) is 0.722. The minimum absolute atomic E-state index is 0.384. The molecule has 21 heavy (non-hydrogen) atoms. The van der Waals surface area contributed by atoms with Crippen LogP contribution in [0.25, 0.3) is 0 Å². The van der Waals surface area contributed by atoms with E-state index in [0.29, 0.717) is 18.6 Å². The summed E-state index contributed by atoms with van der Waals surface area (Å²) < 4.78 is 5.61. The molecule has 1 rings (SSSR count). The molecule has 1 aromatic heterocycles. The molecule has 1 N–H and O–H groups in total. The van der Waals surface area contributed by atoms with Crippen molar-refractivity contribution in [3.63, 3.8) is 0 Å². The minimum Gasteiger partial charge on any atom is -0.492 e. The Morgan fingerprint density at radius 2 is 1.95 bits per heavy atom. The summed E-state index contributed by atoms with van der Waals surface area (Å²) >= 11 is 0. The number of nitrogens with zero attached hydrogens (tertiary/aromatic N) is 1. The van der Waals surface area contributed by atoms with Gasteiger partial charge in [-0.2, -0.15) is 0 Å². The highest BCUT2D eigenvalue weighted by Gasteiger charge is 2.21. The van der Waals surface area contributed by atoms with Crippen LogP contribution in [0, 0.1) is 5.92 Å². The van der Waals surface area contributed by atoms with E-state index in [4.69, 9.17) is 4.74 Å². The highest BCUT2D eigenvalue weighted by atomic mass is 16.5. The van der Waals surface area contributed by atoms with Crippen LogP contribution in [0.15, 0.2) is 18.5 Å². The number of ether oxygens (including phenoxy) is 1. The highest BCUT2D eigenvalue weighted by Crippen LogP contribution is 2.30. The quantitative estimate of drug-likeness (QED) is 0.640. The first kappa shape index (κ1) is 18.0. The van der Waals surface area contributed by atoms with Crippen LogP contribution in [0.1, 0.15) is 71.4 Å². The molecule has 2 unspecified atom stereocenters. The molecule has 0 amide bonds. The summed E-state index contributed by atoms with van der Waals surface area (Å²) in [5, 5.41) is 3.72. The fourth-order valence-electron chi connectivity index (χ4n) is 2.78. The van der Waals surface area contributed by atoms with Gasteiger partial charge in [0.05, 0.1) is 12.8 Å². The van der Waals surface area contributed by atoms with Gasteiger partial charge in [0.15, 0.2) is 0 Å². The van der Waals surface area contributed by atoms with Gasteiger partial charge in [-0.25, -0.2) is 0 Å². The van der Waals surface area contributed by atoms with Crippen LogP contribution < -0.4 is 10.1 Å². The average molecular weight is 292 g/mol. The molecule has 0 spiro atoms. The molecular weight excluding hydrogens is 260 g/mol. The number of hydrogen-bond acceptors (Lipinski definition) is 3. The first-order chi connectivity index (χ1) is 10.3. The SMILES string of the molecule is CCCCC(CC)C(NCCC)c1cncc(OCC)c1. The molecule has 2 atom stereocenters. The number of rotatable bonds is 11. The minimum atomic E-state index is 0.384. The Morgan fingerprint density at radius 1 is 1.14 bits per heavy atom. The molecule has 0 radical (unpaired) electrons. The summed E-state index contributed by atoms with van der Waals surface area (Å²) in [5.74, 6) is 1.54. The molecule has 0 saturated heterocycles. The first-order valence-electron chi connectivity index (χ1n) is 8.57. The maximum atomic E-state index is 5.61. The van der Waals surface area contributed by atoms with E-state index in [-0.39, 0.29) is 0 Å². The molecule has 120 valence electrons. The van der Waals surface area contributed by atoms with Gasteiger partial charge in [0, 0.05) is 12.2 Å². The summed E-state index contributed by atoms with van der Waals surface area (Å²) in [6.07, 6.45) is 9.96. The van der Waals surface area contributed by atoms with E-state index in [9.17, 15) is 0 Å². The van der Waals surface area contributed by atoms with Crippen LogP contribution >= 0.6 is 0 Å². The van der Waals surface area contributed by atoms with E-state index in [0.717, 1.165) is 18.7 Å². The Kier molecular flexibility index (Phi) is 9.07. The average Bonchev–Trinajstić information content (AvgIpc) is 2.51. The van der Waals surface area contributed by atoms with E-state index in [1.807, 2.05) is 13.1 Å². The Hall–Kier alpha value is -1.09. The second kappa shape index (κ2) is 10.6. The Labute approximate surface area is 130 Å². The maximum absolute atomic E-state index is 5.61. The van der Waals surface area contributed by atoms with Crippen LogP contribution in [0.4, 0.5) is 0 Å². The van der Waals surface area contributed by atoms with Crippen LogP contribution in [-0.4, -0.2) is 18.1 Å². The monoisotopic (exact) mass is 292 g/mol. The lowest BCUT2D eigenvalue weighted by Crippen LogP contribution is -2.29. The summed E-state index contributed by atoms with van der Waals surface area (Å²) in [7, 11) is 0. The molecule has 3 heteroatoms. The number of pyridine rings is 1. The lowest BCUT2D eigenvalue weighted by atomic mass is 9.87. The largest absolute Gasteiger partial charge is 0.492 e. The Bertz CT molecular complexity index is 381. The molecule has 1 heterocycles. The topological polar surface area (TPSA) is 34.2 Å². The molecule has 3 nitrogen and oxygen atoms in total. The number of nitrogens with one attached hydrogen (secondary N) is 1. The summed E-state index contributed by atoms with van der Waals surface area (Å²) in [6.45, 7) is 10.5. The van der Waals surface area contributed by atoms with Crippen molar-refractivity contribution in [2.75, 3.05) is 13.2 Å². The third-order valence-corrected chi connectivity index (χ3v) is 3.94. The molecule has 0 bridgehead atoms. The predicted octanol–water partition coefficient (Wildman–Crippen LogP) is 4.74. The normalized spacial score (nSPS) is 13.9. The van der Waals surface area contributed by atoms with Gasteiger partial charge >= 0.3 is 0 Å². The van der Waals surface area contributed by atoms with E-state index in [2.05, 4.69) is 37.1 Å². The molecule has 0 aliphatic rings. The van der Waals surface area contributed by atoms with E-state index in [1.165, 1.54) is 31.2 Å². The van der Waals surface area contributed by atoms with Crippen molar-refractivity contribution in [3.05, 3.63) is 24.0 Å². The molecule has 0 saturated carbocycles.